The van der Waals surface area contributed by atoms with E-state index >= 15 is 0 Å². The number of carbonyl (C=O) groups is 1. The van der Waals surface area contributed by atoms with E-state index in [2.05, 4.69) is 10.3 Å². The van der Waals surface area contributed by atoms with Crippen molar-refractivity contribution in [1.82, 2.24) is 10.3 Å². The van der Waals surface area contributed by atoms with E-state index in [4.69, 9.17) is 19.8 Å². The summed E-state index contributed by atoms with van der Waals surface area (Å²) in [6.07, 6.45) is -3.24. The largest absolute Gasteiger partial charge is 0.492 e. The van der Waals surface area contributed by atoms with Crippen LogP contribution in [0.2, 0.25) is 0 Å². The normalized spacial score (nSPS) is 17.5. The lowest BCUT2D eigenvalue weighted by atomic mass is 9.77. The van der Waals surface area contributed by atoms with Crippen LogP contribution in [0.1, 0.15) is 44.4 Å². The fourth-order valence-electron chi connectivity index (χ4n) is 3.11. The molecule has 0 saturated carbocycles. The number of amides is 1. The lowest BCUT2D eigenvalue weighted by Crippen LogP contribution is -2.41. The quantitative estimate of drug-likeness (QED) is 0.590. The summed E-state index contributed by atoms with van der Waals surface area (Å²) in [5, 5.41) is 2.60. The second-order valence-electron chi connectivity index (χ2n) is 8.92. The molecule has 0 unspecified atom stereocenters. The molecule has 0 radical (unpaired) electrons. The van der Waals surface area contributed by atoms with Gasteiger partial charge < -0.3 is 25.1 Å². The molecule has 0 atom stereocenters. The van der Waals surface area contributed by atoms with Crippen LogP contribution in [0.15, 0.2) is 48.1 Å². The van der Waals surface area contributed by atoms with E-state index in [1.54, 1.807) is 0 Å². The van der Waals surface area contributed by atoms with Crippen LogP contribution in [0.25, 0.3) is 6.08 Å². The summed E-state index contributed by atoms with van der Waals surface area (Å²) in [5.41, 5.74) is 4.66. The van der Waals surface area contributed by atoms with Crippen LogP contribution in [0.5, 0.6) is 0 Å². The molecule has 0 spiro atoms. The zero-order chi connectivity index (χ0) is 25.1. The summed E-state index contributed by atoms with van der Waals surface area (Å²) in [7, 11) is -0.937. The minimum Gasteiger partial charge on any atom is -0.445 e. The number of pyridine rings is 1. The smallest absolute Gasteiger partial charge is 0.445 e. The molecule has 182 valence electrons. The van der Waals surface area contributed by atoms with Crippen molar-refractivity contribution in [2.24, 2.45) is 0 Å². The number of hydrogen-bond donors (Lipinski definition) is 2. The van der Waals surface area contributed by atoms with Crippen LogP contribution >= 0.6 is 0 Å². The zero-order valence-corrected chi connectivity index (χ0v) is 19.4. The SMILES string of the molecule is CC1(C)OB(C(=Cc2cc(C(F)(F)F)cnc2N)CNC(=O)OCc2ccccc2)OC1(C)C. The summed E-state index contributed by atoms with van der Waals surface area (Å²) >= 11 is 0. The molecule has 0 bridgehead atoms. The lowest BCUT2D eigenvalue weighted by Gasteiger charge is -2.32. The Morgan fingerprint density at radius 2 is 1.79 bits per heavy atom. The van der Waals surface area contributed by atoms with Gasteiger partial charge in [-0.05, 0) is 44.8 Å². The highest BCUT2D eigenvalue weighted by Gasteiger charge is 2.52. The third-order valence-electron chi connectivity index (χ3n) is 5.82. The van der Waals surface area contributed by atoms with Crippen molar-refractivity contribution < 1.29 is 32.0 Å². The van der Waals surface area contributed by atoms with Crippen LogP contribution in [0.3, 0.4) is 0 Å². The highest BCUT2D eigenvalue weighted by molar-refractivity contribution is 6.56. The number of halogens is 3. The monoisotopic (exact) mass is 477 g/mol. The number of carbonyl (C=O) groups excluding carboxylic acids is 1. The highest BCUT2D eigenvalue weighted by Crippen LogP contribution is 2.39. The maximum absolute atomic E-state index is 13.2. The maximum Gasteiger partial charge on any atom is 0.492 e. The van der Waals surface area contributed by atoms with Gasteiger partial charge in [0.15, 0.2) is 0 Å². The van der Waals surface area contributed by atoms with Gasteiger partial charge in [-0.3, -0.25) is 0 Å². The molecule has 1 aromatic heterocycles. The number of hydrogen-bond acceptors (Lipinski definition) is 6. The Hall–Kier alpha value is -3.05. The minimum absolute atomic E-state index is 0.0268. The van der Waals surface area contributed by atoms with Crippen molar-refractivity contribution in [3.8, 4) is 0 Å². The summed E-state index contributed by atoms with van der Waals surface area (Å²) in [6, 6.07) is 10.0. The number of nitrogens with two attached hydrogens (primary N) is 1. The van der Waals surface area contributed by atoms with Crippen LogP contribution in [-0.2, 0) is 26.8 Å². The van der Waals surface area contributed by atoms with E-state index in [0.29, 0.717) is 11.7 Å². The first-order chi connectivity index (χ1) is 15.8. The van der Waals surface area contributed by atoms with Crippen molar-refractivity contribution in [3.05, 3.63) is 64.8 Å². The number of aromatic nitrogens is 1. The Bertz CT molecular complexity index is 1040. The topological polar surface area (TPSA) is 95.7 Å². The third kappa shape index (κ3) is 6.09. The van der Waals surface area contributed by atoms with Gasteiger partial charge in [0.25, 0.3) is 0 Å². The van der Waals surface area contributed by atoms with Gasteiger partial charge in [0.05, 0.1) is 16.8 Å². The van der Waals surface area contributed by atoms with Crippen LogP contribution in [-0.4, -0.2) is 35.9 Å². The summed E-state index contributed by atoms with van der Waals surface area (Å²) in [4.78, 5) is 15.9. The minimum atomic E-state index is -4.59. The van der Waals surface area contributed by atoms with Gasteiger partial charge >= 0.3 is 19.4 Å². The number of nitrogens with zero attached hydrogens (tertiary/aromatic N) is 1. The van der Waals surface area contributed by atoms with Gasteiger partial charge in [-0.1, -0.05) is 36.4 Å². The molecule has 0 aliphatic carbocycles. The Kier molecular flexibility index (Phi) is 7.28. The maximum atomic E-state index is 13.2. The number of anilines is 1. The van der Waals surface area contributed by atoms with E-state index in [9.17, 15) is 18.0 Å². The van der Waals surface area contributed by atoms with E-state index in [-0.39, 0.29) is 24.5 Å². The van der Waals surface area contributed by atoms with Crippen molar-refractivity contribution in [1.29, 1.82) is 0 Å². The standard InChI is InChI=1S/C23H27BF3N3O4/c1-21(2)22(3,4)34-24(33-21)18(11-16-10-17(23(25,26)27)12-29-19(16)28)13-30-20(31)32-14-15-8-6-5-7-9-15/h5-12H,13-14H2,1-4H3,(H2,28,29)(H,30,31). The van der Waals surface area contributed by atoms with Gasteiger partial charge in [-0.2, -0.15) is 13.2 Å². The lowest BCUT2D eigenvalue weighted by molar-refractivity contribution is -0.137. The fourth-order valence-corrected chi connectivity index (χ4v) is 3.11. The Morgan fingerprint density at radius 3 is 2.38 bits per heavy atom. The highest BCUT2D eigenvalue weighted by atomic mass is 19.4. The van der Waals surface area contributed by atoms with Gasteiger partial charge in [-0.15, -0.1) is 0 Å². The fraction of sp³-hybridized carbons (Fsp3) is 0.391. The molecular weight excluding hydrogens is 450 g/mol. The molecule has 1 saturated heterocycles. The van der Waals surface area contributed by atoms with E-state index in [0.717, 1.165) is 11.6 Å². The molecule has 1 fully saturated rings. The average Bonchev–Trinajstić information content (AvgIpc) is 2.97. The Labute approximate surface area is 196 Å². The van der Waals surface area contributed by atoms with Crippen LogP contribution in [0.4, 0.5) is 23.8 Å². The number of benzene rings is 1. The zero-order valence-electron chi connectivity index (χ0n) is 19.4. The summed E-state index contributed by atoms with van der Waals surface area (Å²) in [6.45, 7) is 7.31. The van der Waals surface area contributed by atoms with Gasteiger partial charge in [0, 0.05) is 18.3 Å². The molecule has 3 N–H and O–H groups in total. The first-order valence-corrected chi connectivity index (χ1v) is 10.6. The van der Waals surface area contributed by atoms with Crippen molar-refractivity contribution >= 4 is 25.1 Å². The number of nitrogens with one attached hydrogen (secondary N) is 1. The van der Waals surface area contributed by atoms with E-state index in [1.807, 2.05) is 58.0 Å². The number of rotatable bonds is 6. The first-order valence-electron chi connectivity index (χ1n) is 10.6. The molecule has 1 aliphatic rings. The van der Waals surface area contributed by atoms with Crippen molar-refractivity contribution in [2.75, 3.05) is 12.3 Å². The second kappa shape index (κ2) is 9.67. The molecule has 1 aliphatic heterocycles. The van der Waals surface area contributed by atoms with Gasteiger partial charge in [0.2, 0.25) is 0 Å². The molecular formula is C23H27BF3N3O4. The predicted octanol–water partition coefficient (Wildman–Crippen LogP) is 4.62. The third-order valence-corrected chi connectivity index (χ3v) is 5.82. The molecule has 3 rings (SSSR count). The first kappa shape index (κ1) is 25.6. The Morgan fingerprint density at radius 1 is 1.18 bits per heavy atom. The van der Waals surface area contributed by atoms with Crippen LogP contribution < -0.4 is 11.1 Å². The van der Waals surface area contributed by atoms with Gasteiger partial charge in [-0.25, -0.2) is 9.78 Å². The molecule has 34 heavy (non-hydrogen) atoms. The molecule has 2 heterocycles. The summed E-state index contributed by atoms with van der Waals surface area (Å²) < 4.78 is 56.9. The van der Waals surface area contributed by atoms with Crippen LogP contribution in [0, 0.1) is 0 Å². The van der Waals surface area contributed by atoms with E-state index in [1.165, 1.54) is 6.08 Å². The molecule has 1 aromatic carbocycles. The van der Waals surface area contributed by atoms with Gasteiger partial charge in [0.1, 0.15) is 12.4 Å². The molecule has 11 heteroatoms. The number of ether oxygens (including phenoxy) is 1. The van der Waals surface area contributed by atoms with E-state index < -0.39 is 36.2 Å². The number of nitrogen functional groups attached to an aromatic ring is 1. The predicted molar refractivity (Wildman–Crippen MR) is 122 cm³/mol. The molecule has 7 nitrogen and oxygen atoms in total. The Balaban J connectivity index is 1.83. The second-order valence-corrected chi connectivity index (χ2v) is 8.92. The number of alkyl halides is 3. The summed E-state index contributed by atoms with van der Waals surface area (Å²) in [5.74, 6) is -0.103. The number of alkyl carbamates (subject to hydrolysis) is 1. The van der Waals surface area contributed by atoms with Crippen molar-refractivity contribution in [3.63, 3.8) is 0 Å². The average molecular weight is 477 g/mol. The molecule has 1 amide bonds. The molecule has 2 aromatic rings. The van der Waals surface area contributed by atoms with Crippen molar-refractivity contribution in [2.45, 2.75) is 51.7 Å².